The van der Waals surface area contributed by atoms with Crippen LogP contribution in [0.2, 0.25) is 10.0 Å². The molecule has 2 aliphatic heterocycles. The highest BCUT2D eigenvalue weighted by molar-refractivity contribution is 6.36. The number of piperidine rings is 1. The molecule has 0 amide bonds. The molecule has 6 rings (SSSR count). The van der Waals surface area contributed by atoms with Crippen molar-refractivity contribution in [1.29, 1.82) is 5.26 Å². The maximum absolute atomic E-state index is 13.9. The third-order valence-electron chi connectivity index (χ3n) is 9.05. The van der Waals surface area contributed by atoms with Crippen LogP contribution in [0.5, 0.6) is 0 Å². The highest BCUT2D eigenvalue weighted by Gasteiger charge is 2.32. The van der Waals surface area contributed by atoms with Crippen LogP contribution in [0.4, 0.5) is 21.5 Å². The number of hydrazine groups is 2. The van der Waals surface area contributed by atoms with E-state index in [0.717, 1.165) is 49.4 Å². The van der Waals surface area contributed by atoms with Gasteiger partial charge in [-0.15, -0.1) is 5.53 Å². The lowest BCUT2D eigenvalue weighted by Crippen LogP contribution is -2.52. The van der Waals surface area contributed by atoms with Crippen molar-refractivity contribution >= 4 is 51.2 Å². The largest absolute Gasteiger partial charge is 0.373 e. The summed E-state index contributed by atoms with van der Waals surface area (Å²) in [6.07, 6.45) is 5.75. The number of hydrogen-bond donors (Lipinski definition) is 4. The lowest BCUT2D eigenvalue weighted by atomic mass is 9.97. The van der Waals surface area contributed by atoms with E-state index in [9.17, 15) is 9.65 Å². The van der Waals surface area contributed by atoms with Crippen molar-refractivity contribution in [2.75, 3.05) is 37.8 Å². The first-order valence-electron chi connectivity index (χ1n) is 16.4. The molecule has 3 aromatic carbocycles. The van der Waals surface area contributed by atoms with Crippen molar-refractivity contribution in [3.05, 3.63) is 105 Å². The fourth-order valence-electron chi connectivity index (χ4n) is 6.53. The molecule has 12 heteroatoms. The van der Waals surface area contributed by atoms with Gasteiger partial charge in [-0.2, -0.15) is 5.26 Å². The van der Waals surface area contributed by atoms with Gasteiger partial charge in [-0.3, -0.25) is 14.9 Å². The number of pyridine rings is 1. The summed E-state index contributed by atoms with van der Waals surface area (Å²) in [5, 5.41) is 20.2. The van der Waals surface area contributed by atoms with Crippen molar-refractivity contribution in [2.45, 2.75) is 57.8 Å². The second kappa shape index (κ2) is 14.4. The molecule has 0 spiro atoms. The van der Waals surface area contributed by atoms with Gasteiger partial charge in [0.15, 0.2) is 0 Å². The highest BCUT2D eigenvalue weighted by Crippen LogP contribution is 2.38. The van der Waals surface area contributed by atoms with Crippen molar-refractivity contribution < 1.29 is 4.39 Å². The van der Waals surface area contributed by atoms with Gasteiger partial charge in [-0.25, -0.2) is 4.39 Å². The minimum atomic E-state index is -0.527. The molecule has 3 heterocycles. The molecule has 1 fully saturated rings. The van der Waals surface area contributed by atoms with E-state index in [0.29, 0.717) is 38.9 Å². The lowest BCUT2D eigenvalue weighted by molar-refractivity contribution is 0.0570. The Bertz CT molecular complexity index is 1910. The van der Waals surface area contributed by atoms with E-state index >= 15 is 0 Å². The fraction of sp³-hybridized carbons (Fsp3) is 0.351. The number of halogens is 3. The number of anilines is 3. The summed E-state index contributed by atoms with van der Waals surface area (Å²) < 4.78 is 13.9. The molecule has 4 aromatic rings. The number of nitrogens with one attached hydrogen (secondary N) is 4. The first-order valence-corrected chi connectivity index (χ1v) is 17.2. The molecule has 1 aromatic heterocycles. The fourth-order valence-corrected chi connectivity index (χ4v) is 6.97. The third-order valence-corrected chi connectivity index (χ3v) is 9.63. The van der Waals surface area contributed by atoms with Crippen LogP contribution >= 0.6 is 23.2 Å². The van der Waals surface area contributed by atoms with E-state index in [1.807, 2.05) is 12.1 Å². The van der Waals surface area contributed by atoms with Gasteiger partial charge < -0.3 is 21.0 Å². The van der Waals surface area contributed by atoms with Crippen LogP contribution in [-0.4, -0.2) is 58.6 Å². The Morgan fingerprint density at radius 3 is 2.51 bits per heavy atom. The molecule has 0 aliphatic carbocycles. The second-order valence-corrected chi connectivity index (χ2v) is 14.8. The molecule has 2 aliphatic rings. The smallest absolute Gasteiger partial charge is 0.141 e. The first-order chi connectivity index (χ1) is 23.4. The highest BCUT2D eigenvalue weighted by atomic mass is 35.5. The van der Waals surface area contributed by atoms with E-state index in [4.69, 9.17) is 23.2 Å². The van der Waals surface area contributed by atoms with E-state index in [-0.39, 0.29) is 16.6 Å². The Hall–Kier alpha value is -4.11. The van der Waals surface area contributed by atoms with E-state index in [2.05, 4.69) is 113 Å². The molecule has 0 unspecified atom stereocenters. The quantitative estimate of drug-likeness (QED) is 0.139. The van der Waals surface area contributed by atoms with Gasteiger partial charge in [0.05, 0.1) is 38.6 Å². The number of likely N-dealkylation sites (tertiary alicyclic amines) is 1. The molecule has 4 N–H and O–H groups in total. The number of aromatic nitrogens is 1. The number of fused-ring (bicyclic) bond motifs is 1. The minimum absolute atomic E-state index is 0.0265. The normalized spacial score (nSPS) is 16.4. The maximum Gasteiger partial charge on any atom is 0.141 e. The molecule has 0 radical (unpaired) electrons. The summed E-state index contributed by atoms with van der Waals surface area (Å²) in [6, 6.07) is 18.9. The Labute approximate surface area is 297 Å². The lowest BCUT2D eigenvalue weighted by Gasteiger charge is -2.42. The molecular weight excluding hydrogens is 660 g/mol. The van der Waals surface area contributed by atoms with Gasteiger partial charge in [0.25, 0.3) is 0 Å². The average molecular weight is 703 g/mol. The summed E-state index contributed by atoms with van der Waals surface area (Å²) in [4.78, 5) is 9.20. The summed E-state index contributed by atoms with van der Waals surface area (Å²) in [5.74, 6) is -0.527. The van der Waals surface area contributed by atoms with Crippen molar-refractivity contribution in [3.63, 3.8) is 0 Å². The van der Waals surface area contributed by atoms with Crippen LogP contribution in [-0.2, 0) is 6.54 Å². The summed E-state index contributed by atoms with van der Waals surface area (Å²) >= 11 is 12.9. The molecule has 1 atom stereocenters. The van der Waals surface area contributed by atoms with Crippen LogP contribution in [0.3, 0.4) is 0 Å². The SMILES string of the molecule is CN(C)Cc1cccc([C@H](Nc2cc(Cl)c3ncc(C#N)c(Nc4ccc(F)c(Cl)c4)c3c2)C2=CN(C3CCN(C(C)(C)C)CC3)NN2)c1. The monoisotopic (exact) mass is 701 g/mol. The molecule has 1 saturated heterocycles. The zero-order chi connectivity index (χ0) is 34.9. The first kappa shape index (κ1) is 34.7. The predicted octanol–water partition coefficient (Wildman–Crippen LogP) is 7.94. The van der Waals surface area contributed by atoms with Gasteiger partial charge in [0.2, 0.25) is 0 Å². The summed E-state index contributed by atoms with van der Waals surface area (Å²) in [6.45, 7) is 9.70. The summed E-state index contributed by atoms with van der Waals surface area (Å²) in [7, 11) is 4.12. The molecule has 256 valence electrons. The molecular formula is C37H42Cl2FN9. The average Bonchev–Trinajstić information content (AvgIpc) is 3.55. The molecule has 0 saturated carbocycles. The maximum atomic E-state index is 13.9. The Kier molecular flexibility index (Phi) is 10.2. The topological polar surface area (TPSA) is 94.5 Å². The number of nitrogens with zero attached hydrogens (tertiary/aromatic N) is 5. The zero-order valence-corrected chi connectivity index (χ0v) is 29.9. The van der Waals surface area contributed by atoms with Crippen molar-refractivity contribution in [2.24, 2.45) is 0 Å². The van der Waals surface area contributed by atoms with Crippen LogP contribution < -0.4 is 21.6 Å². The van der Waals surface area contributed by atoms with Crippen LogP contribution in [0, 0.1) is 17.1 Å². The number of nitriles is 1. The van der Waals surface area contributed by atoms with Crippen LogP contribution in [0.15, 0.2) is 72.7 Å². The number of rotatable bonds is 9. The van der Waals surface area contributed by atoms with Crippen LogP contribution in [0.1, 0.15) is 56.3 Å². The van der Waals surface area contributed by atoms with Crippen molar-refractivity contribution in [1.82, 2.24) is 30.8 Å². The third kappa shape index (κ3) is 7.88. The standard InChI is InChI=1S/C37H42Cl2FN9/c1-37(2,3)48-13-11-28(12-14-48)49-22-33(45-46-49)35(24-8-6-7-23(15-24)21-47(4)5)44-27-16-29-34(43-26-9-10-32(40)30(38)17-26)25(19-41)20-42-36(29)31(39)18-27/h6-10,15-18,20,22,28,35,44-46H,11-14,21H2,1-5H3,(H,42,43)/t35-/m0/s1. The molecule has 9 nitrogen and oxygen atoms in total. The van der Waals surface area contributed by atoms with Gasteiger partial charge >= 0.3 is 0 Å². The van der Waals surface area contributed by atoms with E-state index < -0.39 is 5.82 Å². The zero-order valence-electron chi connectivity index (χ0n) is 28.4. The van der Waals surface area contributed by atoms with Crippen LogP contribution in [0.25, 0.3) is 10.9 Å². The van der Waals surface area contributed by atoms with Crippen molar-refractivity contribution in [3.8, 4) is 6.07 Å². The van der Waals surface area contributed by atoms with Gasteiger partial charge in [0, 0.05) is 60.4 Å². The van der Waals surface area contributed by atoms with E-state index in [1.165, 1.54) is 23.9 Å². The van der Waals surface area contributed by atoms with Gasteiger partial charge in [-0.1, -0.05) is 47.5 Å². The molecule has 0 bridgehead atoms. The minimum Gasteiger partial charge on any atom is -0.373 e. The molecule has 49 heavy (non-hydrogen) atoms. The second-order valence-electron chi connectivity index (χ2n) is 13.9. The van der Waals surface area contributed by atoms with Gasteiger partial charge in [0.1, 0.15) is 11.9 Å². The Balaban J connectivity index is 1.36. The Morgan fingerprint density at radius 1 is 1.06 bits per heavy atom. The number of benzene rings is 3. The number of hydrogen-bond acceptors (Lipinski definition) is 9. The van der Waals surface area contributed by atoms with E-state index in [1.54, 1.807) is 6.07 Å². The summed E-state index contributed by atoms with van der Waals surface area (Å²) in [5.41, 5.74) is 12.8. The Morgan fingerprint density at radius 2 is 1.82 bits per heavy atom. The predicted molar refractivity (Wildman–Crippen MR) is 197 cm³/mol. The van der Waals surface area contributed by atoms with Gasteiger partial charge in [-0.05, 0) is 89.2 Å².